The third-order valence-electron chi connectivity index (χ3n) is 6.24. The van der Waals surface area contributed by atoms with Crippen LogP contribution in [-0.4, -0.2) is 66.3 Å². The van der Waals surface area contributed by atoms with E-state index in [2.05, 4.69) is 14.7 Å². The highest BCUT2D eigenvalue weighted by molar-refractivity contribution is 7.92. The number of aryl methyl sites for hydroxylation is 1. The molecule has 0 spiro atoms. The minimum Gasteiger partial charge on any atom is -0.355 e. The summed E-state index contributed by atoms with van der Waals surface area (Å²) in [7, 11) is -2.29. The van der Waals surface area contributed by atoms with Crippen LogP contribution in [-0.2, 0) is 10.0 Å². The summed E-state index contributed by atoms with van der Waals surface area (Å²) in [4.78, 5) is 21.8. The van der Waals surface area contributed by atoms with E-state index in [1.807, 2.05) is 26.1 Å². The molecule has 0 unspecified atom stereocenters. The maximum atomic E-state index is 14.6. The first-order valence-corrected chi connectivity index (χ1v) is 13.8. The smallest absolute Gasteiger partial charge is 0.256 e. The second kappa shape index (κ2) is 9.83. The number of rotatable bonds is 7. The van der Waals surface area contributed by atoms with Crippen LogP contribution >= 0.6 is 11.6 Å². The highest BCUT2D eigenvalue weighted by atomic mass is 35.5. The maximum Gasteiger partial charge on any atom is 0.256 e. The number of anilines is 2. The topological polar surface area (TPSA) is 126 Å². The summed E-state index contributed by atoms with van der Waals surface area (Å²) in [6.45, 7) is 5.42. The van der Waals surface area contributed by atoms with Crippen LogP contribution in [0.3, 0.4) is 0 Å². The van der Waals surface area contributed by atoms with Gasteiger partial charge in [-0.2, -0.15) is 5.10 Å². The Balaban J connectivity index is 1.69. The zero-order valence-corrected chi connectivity index (χ0v) is 22.1. The normalized spacial score (nSPS) is 17.0. The summed E-state index contributed by atoms with van der Waals surface area (Å²) < 4.78 is 42.0. The molecule has 0 radical (unpaired) electrons. The predicted molar refractivity (Wildman–Crippen MR) is 138 cm³/mol. The number of halogens is 2. The molecule has 2 aromatic heterocycles. The largest absolute Gasteiger partial charge is 0.355 e. The first kappa shape index (κ1) is 26.1. The van der Waals surface area contributed by atoms with Gasteiger partial charge < -0.3 is 15.5 Å². The summed E-state index contributed by atoms with van der Waals surface area (Å²) in [5.41, 5.74) is 7.59. The van der Waals surface area contributed by atoms with Gasteiger partial charge in [-0.05, 0) is 31.9 Å². The molecule has 1 aromatic carbocycles. The van der Waals surface area contributed by atoms with Crippen LogP contribution in [0.1, 0.15) is 47.4 Å². The lowest BCUT2D eigenvalue weighted by Crippen LogP contribution is -2.32. The molecule has 0 bridgehead atoms. The summed E-state index contributed by atoms with van der Waals surface area (Å²) in [6.07, 6.45) is 4.17. The number of amides is 1. The van der Waals surface area contributed by atoms with Crippen molar-refractivity contribution in [3.8, 4) is 0 Å². The number of benzene rings is 1. The third-order valence-corrected chi connectivity index (χ3v) is 7.03. The van der Waals surface area contributed by atoms with Gasteiger partial charge in [0.25, 0.3) is 5.91 Å². The fourth-order valence-corrected chi connectivity index (χ4v) is 5.31. The van der Waals surface area contributed by atoms with Gasteiger partial charge in [-0.3, -0.25) is 9.52 Å². The Morgan fingerprint density at radius 1 is 1.39 bits per heavy atom. The molecule has 3 aromatic rings. The first-order chi connectivity index (χ1) is 16.9. The maximum absolute atomic E-state index is 14.6. The number of nitrogens with zero attached hydrogens (tertiary/aromatic N) is 5. The van der Waals surface area contributed by atoms with Crippen molar-refractivity contribution < 1.29 is 17.6 Å². The van der Waals surface area contributed by atoms with Crippen LogP contribution in [0.25, 0.3) is 5.65 Å². The zero-order chi connectivity index (χ0) is 26.4. The molecule has 1 aliphatic heterocycles. The van der Waals surface area contributed by atoms with Crippen LogP contribution in [0, 0.1) is 12.7 Å². The Labute approximate surface area is 214 Å². The monoisotopic (exact) mass is 537 g/mol. The Kier molecular flexibility index (Phi) is 7.13. The predicted octanol–water partition coefficient (Wildman–Crippen LogP) is 2.96. The zero-order valence-electron chi connectivity index (χ0n) is 20.5. The number of hydrogen-bond acceptors (Lipinski definition) is 7. The highest BCUT2D eigenvalue weighted by Crippen LogP contribution is 2.31. The van der Waals surface area contributed by atoms with E-state index < -0.39 is 33.5 Å². The number of carbonyl (C=O) groups is 1. The average Bonchev–Trinajstić information content (AvgIpc) is 3.39. The molecular formula is C23H29ClFN7O3S. The van der Waals surface area contributed by atoms with Gasteiger partial charge in [0.1, 0.15) is 11.6 Å². The third kappa shape index (κ3) is 5.25. The Morgan fingerprint density at radius 2 is 2.11 bits per heavy atom. The quantitative estimate of drug-likeness (QED) is 0.474. The lowest BCUT2D eigenvalue weighted by Gasteiger charge is -2.27. The molecule has 1 fully saturated rings. The number of hydrogen-bond donors (Lipinski definition) is 2. The molecule has 0 aliphatic carbocycles. The van der Waals surface area contributed by atoms with Crippen molar-refractivity contribution in [1.29, 1.82) is 0 Å². The van der Waals surface area contributed by atoms with Crippen molar-refractivity contribution in [3.63, 3.8) is 0 Å². The number of carbonyl (C=O) groups excluding carboxylic acids is 1. The number of fused-ring (bicyclic) bond motifs is 1. The van der Waals surface area contributed by atoms with Gasteiger partial charge in [0.05, 0.1) is 29.2 Å². The average molecular weight is 538 g/mol. The fraction of sp³-hybridized carbons (Fsp3) is 0.435. The lowest BCUT2D eigenvalue weighted by atomic mass is 10.1. The second-order valence-corrected chi connectivity index (χ2v) is 11.3. The minimum absolute atomic E-state index is 0.0297. The van der Waals surface area contributed by atoms with E-state index in [1.54, 1.807) is 11.6 Å². The minimum atomic E-state index is -3.85. The van der Waals surface area contributed by atoms with Gasteiger partial charge in [0.15, 0.2) is 5.65 Å². The fourth-order valence-electron chi connectivity index (χ4n) is 4.53. The van der Waals surface area contributed by atoms with Gasteiger partial charge in [-0.15, -0.1) is 0 Å². The van der Waals surface area contributed by atoms with Crippen molar-refractivity contribution in [1.82, 2.24) is 19.5 Å². The van der Waals surface area contributed by atoms with Gasteiger partial charge in [-0.25, -0.2) is 22.3 Å². The van der Waals surface area contributed by atoms with Crippen LogP contribution in [0.2, 0.25) is 5.02 Å². The summed E-state index contributed by atoms with van der Waals surface area (Å²) >= 11 is 5.99. The number of nitrogens with two attached hydrogens (primary N) is 1. The molecule has 4 rings (SSSR count). The first-order valence-electron chi connectivity index (χ1n) is 11.5. The van der Waals surface area contributed by atoms with Crippen molar-refractivity contribution in [3.05, 3.63) is 52.1 Å². The van der Waals surface area contributed by atoms with Gasteiger partial charge in [0.2, 0.25) is 10.0 Å². The van der Waals surface area contributed by atoms with Crippen LogP contribution in [0.15, 0.2) is 24.4 Å². The van der Waals surface area contributed by atoms with E-state index in [4.69, 9.17) is 22.3 Å². The number of nitrogens with one attached hydrogen (secondary N) is 1. The van der Waals surface area contributed by atoms with Gasteiger partial charge >= 0.3 is 0 Å². The molecule has 1 amide bonds. The van der Waals surface area contributed by atoms with Crippen molar-refractivity contribution >= 4 is 44.7 Å². The molecule has 1 saturated heterocycles. The molecule has 2 atom stereocenters. The van der Waals surface area contributed by atoms with Crippen molar-refractivity contribution in [2.24, 2.45) is 5.73 Å². The van der Waals surface area contributed by atoms with E-state index in [0.717, 1.165) is 43.2 Å². The van der Waals surface area contributed by atoms with Crippen molar-refractivity contribution in [2.45, 2.75) is 38.8 Å². The number of sulfonamides is 1. The van der Waals surface area contributed by atoms with Crippen LogP contribution in [0.5, 0.6) is 0 Å². The molecule has 36 heavy (non-hydrogen) atoms. The molecule has 10 nitrogen and oxygen atoms in total. The molecule has 13 heteroatoms. The van der Waals surface area contributed by atoms with Gasteiger partial charge in [0, 0.05) is 49.0 Å². The van der Waals surface area contributed by atoms with E-state index in [9.17, 15) is 17.6 Å². The standard InChI is InChI=1S/C23H29ClFN7O3S/c1-5-19(30(3)23(33)16-8-14(24)9-17(25)21(16)29-36(4,34)35)18-10-20-27-22(13(2)11-32(20)28-18)31-7-6-15(26)12-31/h8-11,15,19,29H,5-7,12,26H2,1-4H3/t15-,19-/m0/s1. The Morgan fingerprint density at radius 3 is 2.72 bits per heavy atom. The summed E-state index contributed by atoms with van der Waals surface area (Å²) in [5, 5.41) is 4.62. The Bertz CT molecular complexity index is 1430. The lowest BCUT2D eigenvalue weighted by molar-refractivity contribution is 0.0723. The highest BCUT2D eigenvalue weighted by Gasteiger charge is 2.29. The SMILES string of the molecule is CC[C@@H](c1cc2nc(N3CC[C@H](N)C3)c(C)cn2n1)N(C)C(=O)c1cc(Cl)cc(F)c1NS(C)(=O)=O. The second-order valence-electron chi connectivity index (χ2n) is 9.14. The van der Waals surface area contributed by atoms with E-state index >= 15 is 0 Å². The Hall–Kier alpha value is -2.96. The molecule has 194 valence electrons. The van der Waals surface area contributed by atoms with Gasteiger partial charge in [-0.1, -0.05) is 18.5 Å². The summed E-state index contributed by atoms with van der Waals surface area (Å²) in [6, 6.07) is 3.63. The molecule has 1 aliphatic rings. The molecular weight excluding hydrogens is 509 g/mol. The summed E-state index contributed by atoms with van der Waals surface area (Å²) in [5.74, 6) is -0.702. The molecule has 0 saturated carbocycles. The van der Waals surface area contributed by atoms with Crippen LogP contribution in [0.4, 0.5) is 15.9 Å². The number of aromatic nitrogens is 3. The van der Waals surface area contributed by atoms with E-state index in [1.165, 1.54) is 11.0 Å². The van der Waals surface area contributed by atoms with E-state index in [-0.39, 0.29) is 16.6 Å². The van der Waals surface area contributed by atoms with E-state index in [0.29, 0.717) is 17.8 Å². The molecule has 3 heterocycles. The molecule has 3 N–H and O–H groups in total. The van der Waals surface area contributed by atoms with Crippen molar-refractivity contribution in [2.75, 3.05) is 36.0 Å². The van der Waals surface area contributed by atoms with Crippen LogP contribution < -0.4 is 15.4 Å².